The lowest BCUT2D eigenvalue weighted by Gasteiger charge is -2.03. The second kappa shape index (κ2) is 3.95. The molecule has 1 unspecified atom stereocenters. The lowest BCUT2D eigenvalue weighted by Crippen LogP contribution is -1.88. The smallest absolute Gasteiger partial charge is 0.129 e. The second-order valence-electron chi connectivity index (χ2n) is 2.29. The third kappa shape index (κ3) is 2.12. The number of nitrogens with zero attached hydrogens (tertiary/aromatic N) is 4. The van der Waals surface area contributed by atoms with E-state index < -0.39 is 0 Å². The molecule has 0 fully saturated rings. The monoisotopic (exact) mass is 182 g/mol. The minimum absolute atomic E-state index is 0.199. The van der Waals surface area contributed by atoms with Crippen LogP contribution in [0.15, 0.2) is 23.4 Å². The first kappa shape index (κ1) is 8.84. The van der Waals surface area contributed by atoms with Crippen LogP contribution >= 0.6 is 11.6 Å². The molecule has 4 nitrogen and oxygen atoms in total. The Kier molecular flexibility index (Phi) is 2.91. The molecular formula is C7H7ClN4. The van der Waals surface area contributed by atoms with Crippen molar-refractivity contribution in [1.82, 2.24) is 4.98 Å². The fraction of sp³-hybridized carbons (Fsp3) is 0.286. The summed E-state index contributed by atoms with van der Waals surface area (Å²) in [6.45, 7) is 1.80. The molecule has 0 saturated heterocycles. The zero-order valence-electron chi connectivity index (χ0n) is 6.48. The fourth-order valence-corrected chi connectivity index (χ4v) is 1.00. The van der Waals surface area contributed by atoms with Crippen molar-refractivity contribution in [2.45, 2.75) is 13.0 Å². The quantitative estimate of drug-likeness (QED) is 0.300. The van der Waals surface area contributed by atoms with Crippen molar-refractivity contribution < 1.29 is 0 Å². The molecule has 0 aliphatic carbocycles. The van der Waals surface area contributed by atoms with Gasteiger partial charge >= 0.3 is 0 Å². The summed E-state index contributed by atoms with van der Waals surface area (Å²) in [6.07, 6.45) is 1.58. The largest absolute Gasteiger partial charge is 0.245 e. The van der Waals surface area contributed by atoms with Crippen molar-refractivity contribution in [3.63, 3.8) is 0 Å². The van der Waals surface area contributed by atoms with Crippen LogP contribution in [0.5, 0.6) is 0 Å². The maximum absolute atomic E-state index is 8.18. The minimum Gasteiger partial charge on any atom is -0.245 e. The van der Waals surface area contributed by atoms with Gasteiger partial charge in [0, 0.05) is 11.1 Å². The predicted octanol–water partition coefficient (Wildman–Crippen LogP) is 3.11. The van der Waals surface area contributed by atoms with Gasteiger partial charge in [0.15, 0.2) is 0 Å². The highest BCUT2D eigenvalue weighted by Gasteiger charge is 2.02. The van der Waals surface area contributed by atoms with E-state index in [2.05, 4.69) is 15.0 Å². The second-order valence-corrected chi connectivity index (χ2v) is 2.68. The van der Waals surface area contributed by atoms with Crippen molar-refractivity contribution in [1.29, 1.82) is 0 Å². The van der Waals surface area contributed by atoms with Gasteiger partial charge in [-0.25, -0.2) is 4.98 Å². The fourth-order valence-electron chi connectivity index (χ4n) is 0.821. The van der Waals surface area contributed by atoms with Crippen LogP contribution in [0.1, 0.15) is 18.5 Å². The van der Waals surface area contributed by atoms with Gasteiger partial charge in [-0.2, -0.15) is 0 Å². The van der Waals surface area contributed by atoms with E-state index in [4.69, 9.17) is 17.1 Å². The Balaban J connectivity index is 2.94. The van der Waals surface area contributed by atoms with Crippen LogP contribution in [-0.2, 0) is 0 Å². The van der Waals surface area contributed by atoms with Gasteiger partial charge in [0.1, 0.15) is 5.15 Å². The molecule has 0 N–H and O–H groups in total. The summed E-state index contributed by atoms with van der Waals surface area (Å²) in [7, 11) is 0. The molecule has 1 rings (SSSR count). The van der Waals surface area contributed by atoms with Gasteiger partial charge in [0.05, 0.1) is 6.04 Å². The number of azide groups is 1. The number of hydrogen-bond donors (Lipinski definition) is 0. The third-order valence-electron chi connectivity index (χ3n) is 1.46. The van der Waals surface area contributed by atoms with E-state index in [-0.39, 0.29) is 6.04 Å². The van der Waals surface area contributed by atoms with Gasteiger partial charge in [0.25, 0.3) is 0 Å². The molecular weight excluding hydrogens is 176 g/mol. The summed E-state index contributed by atoms with van der Waals surface area (Å²) in [5.41, 5.74) is 9.05. The number of pyridine rings is 1. The summed E-state index contributed by atoms with van der Waals surface area (Å²) in [4.78, 5) is 6.52. The van der Waals surface area contributed by atoms with Gasteiger partial charge in [-0.3, -0.25) is 0 Å². The Hall–Kier alpha value is -1.25. The first-order valence-electron chi connectivity index (χ1n) is 3.39. The van der Waals surface area contributed by atoms with Crippen molar-refractivity contribution in [2.24, 2.45) is 5.11 Å². The van der Waals surface area contributed by atoms with Gasteiger partial charge in [-0.15, -0.1) is 0 Å². The number of aromatic nitrogens is 1. The highest BCUT2D eigenvalue weighted by Crippen LogP contribution is 2.18. The van der Waals surface area contributed by atoms with E-state index in [1.165, 1.54) is 0 Å². The minimum atomic E-state index is -0.199. The number of hydrogen-bond acceptors (Lipinski definition) is 2. The van der Waals surface area contributed by atoms with Gasteiger partial charge in [-0.1, -0.05) is 23.6 Å². The van der Waals surface area contributed by atoms with Gasteiger partial charge in [0.2, 0.25) is 0 Å². The van der Waals surface area contributed by atoms with E-state index in [9.17, 15) is 0 Å². The zero-order chi connectivity index (χ0) is 8.97. The van der Waals surface area contributed by atoms with Crippen molar-refractivity contribution >= 4 is 11.6 Å². The molecule has 5 heteroatoms. The van der Waals surface area contributed by atoms with Crippen LogP contribution in [0.25, 0.3) is 10.4 Å². The van der Waals surface area contributed by atoms with Crippen LogP contribution in [0.2, 0.25) is 5.15 Å². The first-order valence-corrected chi connectivity index (χ1v) is 3.77. The molecule has 0 bridgehead atoms. The SMILES string of the molecule is CC(N=[N+]=[N-])c1ccnc(Cl)c1. The van der Waals surface area contributed by atoms with E-state index in [1.807, 2.05) is 0 Å². The Morgan fingerprint density at radius 1 is 1.75 bits per heavy atom. The number of halogens is 1. The van der Waals surface area contributed by atoms with Crippen LogP contribution in [-0.4, -0.2) is 4.98 Å². The zero-order valence-corrected chi connectivity index (χ0v) is 7.23. The lowest BCUT2D eigenvalue weighted by atomic mass is 10.1. The molecule has 0 aliphatic rings. The summed E-state index contributed by atoms with van der Waals surface area (Å²) >= 11 is 5.64. The van der Waals surface area contributed by atoms with E-state index in [0.717, 1.165) is 5.56 Å². The van der Waals surface area contributed by atoms with E-state index in [1.54, 1.807) is 25.3 Å². The Bertz CT molecular complexity index is 319. The maximum atomic E-state index is 8.18. The molecule has 1 atom stereocenters. The Morgan fingerprint density at radius 3 is 3.08 bits per heavy atom. The van der Waals surface area contributed by atoms with Crippen LogP contribution in [0, 0.1) is 0 Å². The van der Waals surface area contributed by atoms with Crippen LogP contribution in [0.3, 0.4) is 0 Å². The highest BCUT2D eigenvalue weighted by molar-refractivity contribution is 6.29. The molecule has 0 amide bonds. The molecule has 0 saturated carbocycles. The lowest BCUT2D eigenvalue weighted by molar-refractivity contribution is 0.805. The molecule has 1 aromatic rings. The summed E-state index contributed by atoms with van der Waals surface area (Å²) in [6, 6.07) is 3.25. The van der Waals surface area contributed by atoms with E-state index in [0.29, 0.717) is 5.15 Å². The standard InChI is InChI=1S/C7H7ClN4/c1-5(11-12-9)6-2-3-10-7(8)4-6/h2-5H,1H3. The highest BCUT2D eigenvalue weighted by atomic mass is 35.5. The molecule has 0 aromatic carbocycles. The third-order valence-corrected chi connectivity index (χ3v) is 1.66. The normalized spacial score (nSPS) is 11.8. The average molecular weight is 183 g/mol. The first-order chi connectivity index (χ1) is 5.74. The maximum Gasteiger partial charge on any atom is 0.129 e. The Labute approximate surface area is 74.8 Å². The molecule has 0 aliphatic heterocycles. The molecule has 12 heavy (non-hydrogen) atoms. The number of rotatable bonds is 2. The molecule has 0 spiro atoms. The molecule has 62 valence electrons. The van der Waals surface area contributed by atoms with Crippen LogP contribution < -0.4 is 0 Å². The van der Waals surface area contributed by atoms with Crippen molar-refractivity contribution in [3.05, 3.63) is 39.5 Å². The van der Waals surface area contributed by atoms with Gasteiger partial charge in [-0.05, 0) is 23.2 Å². The topological polar surface area (TPSA) is 61.7 Å². The molecule has 1 aromatic heterocycles. The Morgan fingerprint density at radius 2 is 2.50 bits per heavy atom. The summed E-state index contributed by atoms with van der Waals surface area (Å²) < 4.78 is 0. The van der Waals surface area contributed by atoms with Crippen LogP contribution in [0.4, 0.5) is 0 Å². The van der Waals surface area contributed by atoms with Gasteiger partial charge < -0.3 is 0 Å². The summed E-state index contributed by atoms with van der Waals surface area (Å²) in [5.74, 6) is 0. The van der Waals surface area contributed by atoms with Crippen molar-refractivity contribution in [2.75, 3.05) is 0 Å². The summed E-state index contributed by atoms with van der Waals surface area (Å²) in [5, 5.41) is 3.94. The average Bonchev–Trinajstić information content (AvgIpc) is 2.05. The van der Waals surface area contributed by atoms with E-state index >= 15 is 0 Å². The van der Waals surface area contributed by atoms with Crippen molar-refractivity contribution in [3.8, 4) is 0 Å². The molecule has 1 heterocycles. The molecule has 0 radical (unpaired) electrons. The predicted molar refractivity (Wildman–Crippen MR) is 46.8 cm³/mol.